The molecule has 3 heterocycles. The molecule has 0 aliphatic carbocycles. The summed E-state index contributed by atoms with van der Waals surface area (Å²) in [5, 5.41) is 10.2. The van der Waals surface area contributed by atoms with Gasteiger partial charge in [-0.1, -0.05) is 42.5 Å². The lowest BCUT2D eigenvalue weighted by molar-refractivity contribution is 0.0619. The van der Waals surface area contributed by atoms with E-state index >= 15 is 0 Å². The van der Waals surface area contributed by atoms with E-state index in [4.69, 9.17) is 4.74 Å². The molecule has 7 heteroatoms. The number of amides is 2. The highest BCUT2D eigenvalue weighted by molar-refractivity contribution is 6.12. The molecule has 1 atom stereocenters. The van der Waals surface area contributed by atoms with Crippen LogP contribution in [-0.2, 0) is 4.74 Å². The van der Waals surface area contributed by atoms with Crippen molar-refractivity contribution in [3.63, 3.8) is 0 Å². The number of carbonyl (C=O) groups excluding carboxylic acids is 2. The van der Waals surface area contributed by atoms with E-state index in [0.29, 0.717) is 31.8 Å². The first-order valence-corrected chi connectivity index (χ1v) is 10.4. The van der Waals surface area contributed by atoms with E-state index in [0.717, 1.165) is 32.8 Å². The predicted molar refractivity (Wildman–Crippen MR) is 117 cm³/mol. The fraction of sp³-hybridized carbons (Fsp3) is 0.208. The molecule has 0 spiro atoms. The van der Waals surface area contributed by atoms with E-state index in [1.807, 2.05) is 47.5 Å². The summed E-state index contributed by atoms with van der Waals surface area (Å²) < 4.78 is 5.14. The van der Waals surface area contributed by atoms with Crippen molar-refractivity contribution in [2.24, 2.45) is 0 Å². The number of fused-ring (bicyclic) bond motifs is 3. The molecule has 4 aromatic rings. The standard InChI is InChI=1S/C24H20N4O3/c29-23(27-10-11-28-15(13-27)14-31-24(28)30)20-8-2-5-16-17(4-1-6-18(16)20)19-7-3-9-22-21(19)12-25-26-22/h1-9,12,15H,10-11,13-14H2,(H,25,26). The molecule has 7 nitrogen and oxygen atoms in total. The lowest BCUT2D eigenvalue weighted by Crippen LogP contribution is -2.53. The first-order chi connectivity index (χ1) is 15.2. The van der Waals surface area contributed by atoms with E-state index in [1.54, 1.807) is 4.90 Å². The van der Waals surface area contributed by atoms with Gasteiger partial charge in [0, 0.05) is 30.6 Å². The number of aromatic nitrogens is 2. The molecule has 2 aliphatic heterocycles. The van der Waals surface area contributed by atoms with E-state index in [1.165, 1.54) is 0 Å². The van der Waals surface area contributed by atoms with E-state index < -0.39 is 0 Å². The van der Waals surface area contributed by atoms with Gasteiger partial charge in [0.05, 0.1) is 17.8 Å². The Hall–Kier alpha value is -3.87. The summed E-state index contributed by atoms with van der Waals surface area (Å²) in [5.74, 6) is -0.0109. The summed E-state index contributed by atoms with van der Waals surface area (Å²) in [4.78, 5) is 28.8. The average Bonchev–Trinajstić information content (AvgIpc) is 3.44. The van der Waals surface area contributed by atoms with Crippen LogP contribution in [-0.4, -0.2) is 64.3 Å². The third-order valence-electron chi connectivity index (χ3n) is 6.33. The second-order valence-electron chi connectivity index (χ2n) is 8.02. The summed E-state index contributed by atoms with van der Waals surface area (Å²) in [7, 11) is 0. The second kappa shape index (κ2) is 6.84. The lowest BCUT2D eigenvalue weighted by atomic mass is 9.93. The van der Waals surface area contributed by atoms with Crippen molar-refractivity contribution in [2.75, 3.05) is 26.2 Å². The zero-order valence-electron chi connectivity index (χ0n) is 16.7. The Balaban J connectivity index is 1.42. The number of hydrogen-bond donors (Lipinski definition) is 1. The fourth-order valence-electron chi connectivity index (χ4n) is 4.78. The molecular weight excluding hydrogens is 392 g/mol. The van der Waals surface area contributed by atoms with Gasteiger partial charge in [0.15, 0.2) is 0 Å². The maximum absolute atomic E-state index is 13.5. The van der Waals surface area contributed by atoms with Crippen molar-refractivity contribution in [2.45, 2.75) is 6.04 Å². The SMILES string of the molecule is O=C(c1cccc2c(-c3cccc4[nH]ncc34)cccc12)N1CCN2C(=O)OCC2C1. The summed E-state index contributed by atoms with van der Waals surface area (Å²) in [5.41, 5.74) is 3.81. The van der Waals surface area contributed by atoms with Gasteiger partial charge < -0.3 is 9.64 Å². The van der Waals surface area contributed by atoms with Gasteiger partial charge in [-0.25, -0.2) is 4.79 Å². The normalized spacial score (nSPS) is 18.5. The molecule has 6 rings (SSSR count). The quantitative estimate of drug-likeness (QED) is 0.545. The molecule has 2 saturated heterocycles. The van der Waals surface area contributed by atoms with Crippen molar-refractivity contribution in [3.05, 3.63) is 66.4 Å². The first-order valence-electron chi connectivity index (χ1n) is 10.4. The Labute approximate surface area is 178 Å². The fourth-order valence-corrected chi connectivity index (χ4v) is 4.78. The van der Waals surface area contributed by atoms with Crippen LogP contribution in [0.25, 0.3) is 32.8 Å². The molecule has 1 N–H and O–H groups in total. The molecule has 1 unspecified atom stereocenters. The number of aromatic amines is 1. The molecule has 2 amide bonds. The Morgan fingerprint density at radius 1 is 0.968 bits per heavy atom. The number of cyclic esters (lactones) is 1. The van der Waals surface area contributed by atoms with Crippen molar-refractivity contribution >= 4 is 33.7 Å². The molecule has 0 saturated carbocycles. The minimum Gasteiger partial charge on any atom is -0.447 e. The number of benzene rings is 3. The Bertz CT molecular complexity index is 1350. The third-order valence-corrected chi connectivity index (χ3v) is 6.33. The highest BCUT2D eigenvalue weighted by atomic mass is 16.6. The Morgan fingerprint density at radius 2 is 1.74 bits per heavy atom. The molecule has 31 heavy (non-hydrogen) atoms. The van der Waals surface area contributed by atoms with Crippen LogP contribution in [0.2, 0.25) is 0 Å². The molecular formula is C24H20N4O3. The second-order valence-corrected chi connectivity index (χ2v) is 8.02. The summed E-state index contributed by atoms with van der Waals surface area (Å²) in [6, 6.07) is 18.0. The number of nitrogens with zero attached hydrogens (tertiary/aromatic N) is 3. The highest BCUT2D eigenvalue weighted by Gasteiger charge is 2.39. The van der Waals surface area contributed by atoms with Crippen LogP contribution < -0.4 is 0 Å². The summed E-state index contributed by atoms with van der Waals surface area (Å²) in [6.45, 7) is 1.86. The number of nitrogens with one attached hydrogen (secondary N) is 1. The van der Waals surface area contributed by atoms with Gasteiger partial charge in [-0.2, -0.15) is 5.10 Å². The molecule has 154 valence electrons. The van der Waals surface area contributed by atoms with E-state index in [2.05, 4.69) is 28.4 Å². The van der Waals surface area contributed by atoms with Crippen LogP contribution in [0.3, 0.4) is 0 Å². The van der Waals surface area contributed by atoms with Crippen LogP contribution in [0.1, 0.15) is 10.4 Å². The zero-order chi connectivity index (χ0) is 20.9. The molecule has 0 radical (unpaired) electrons. The maximum Gasteiger partial charge on any atom is 0.410 e. The van der Waals surface area contributed by atoms with Gasteiger partial charge in [0.25, 0.3) is 5.91 Å². The molecule has 0 bridgehead atoms. The Morgan fingerprint density at radius 3 is 2.65 bits per heavy atom. The van der Waals surface area contributed by atoms with Crippen molar-refractivity contribution < 1.29 is 14.3 Å². The minimum absolute atomic E-state index is 0.0109. The largest absolute Gasteiger partial charge is 0.447 e. The number of rotatable bonds is 2. The van der Waals surface area contributed by atoms with Gasteiger partial charge in [-0.05, 0) is 34.0 Å². The van der Waals surface area contributed by atoms with Crippen molar-refractivity contribution in [1.82, 2.24) is 20.0 Å². The topological polar surface area (TPSA) is 78.5 Å². The number of piperazine rings is 1. The minimum atomic E-state index is -0.277. The third kappa shape index (κ3) is 2.77. The van der Waals surface area contributed by atoms with Crippen molar-refractivity contribution in [1.29, 1.82) is 0 Å². The van der Waals surface area contributed by atoms with Crippen LogP contribution in [0.4, 0.5) is 4.79 Å². The Kier molecular flexibility index (Phi) is 3.96. The predicted octanol–water partition coefficient (Wildman–Crippen LogP) is 3.66. The van der Waals surface area contributed by atoms with E-state index in [9.17, 15) is 9.59 Å². The van der Waals surface area contributed by atoms with E-state index in [-0.39, 0.29) is 18.0 Å². The maximum atomic E-state index is 13.5. The lowest BCUT2D eigenvalue weighted by Gasteiger charge is -2.35. The van der Waals surface area contributed by atoms with Crippen LogP contribution >= 0.6 is 0 Å². The first kappa shape index (κ1) is 17.9. The van der Waals surface area contributed by atoms with Crippen LogP contribution in [0, 0.1) is 0 Å². The number of ether oxygens (including phenoxy) is 1. The van der Waals surface area contributed by atoms with Gasteiger partial charge in [0.2, 0.25) is 0 Å². The highest BCUT2D eigenvalue weighted by Crippen LogP contribution is 2.34. The molecule has 1 aromatic heterocycles. The van der Waals surface area contributed by atoms with Gasteiger partial charge >= 0.3 is 6.09 Å². The van der Waals surface area contributed by atoms with Gasteiger partial charge in [-0.15, -0.1) is 0 Å². The zero-order valence-corrected chi connectivity index (χ0v) is 16.7. The number of H-pyrrole nitrogens is 1. The van der Waals surface area contributed by atoms with Crippen molar-refractivity contribution in [3.8, 4) is 11.1 Å². The monoisotopic (exact) mass is 412 g/mol. The molecule has 3 aromatic carbocycles. The summed E-state index contributed by atoms with van der Waals surface area (Å²) >= 11 is 0. The van der Waals surface area contributed by atoms with Gasteiger partial charge in [0.1, 0.15) is 6.61 Å². The van der Waals surface area contributed by atoms with Crippen LogP contribution in [0.15, 0.2) is 60.8 Å². The molecule has 2 aliphatic rings. The number of carbonyl (C=O) groups is 2. The molecule has 2 fully saturated rings. The number of hydrogen-bond acceptors (Lipinski definition) is 4. The smallest absolute Gasteiger partial charge is 0.410 e. The average molecular weight is 412 g/mol. The van der Waals surface area contributed by atoms with Gasteiger partial charge in [-0.3, -0.25) is 14.8 Å². The van der Waals surface area contributed by atoms with Crippen LogP contribution in [0.5, 0.6) is 0 Å². The summed E-state index contributed by atoms with van der Waals surface area (Å²) in [6.07, 6.45) is 1.56.